The van der Waals surface area contributed by atoms with Gasteiger partial charge in [0.2, 0.25) is 0 Å². The van der Waals surface area contributed by atoms with Crippen molar-refractivity contribution in [1.82, 2.24) is 0 Å². The summed E-state index contributed by atoms with van der Waals surface area (Å²) in [5, 5.41) is 0.349. The molecule has 1 aromatic heterocycles. The fourth-order valence-electron chi connectivity index (χ4n) is 5.85. The number of alkyl halides is 6. The van der Waals surface area contributed by atoms with E-state index in [1.54, 1.807) is 32.9 Å². The Bertz CT molecular complexity index is 1650. The number of halogens is 6. The van der Waals surface area contributed by atoms with Crippen LogP contribution in [0.1, 0.15) is 91.7 Å². The van der Waals surface area contributed by atoms with E-state index < -0.39 is 59.4 Å². The molecule has 0 aliphatic carbocycles. The number of carbonyl (C=O) groups is 1. The number of fused-ring (bicyclic) bond motifs is 1. The van der Waals surface area contributed by atoms with Crippen LogP contribution >= 0.6 is 11.8 Å². The lowest BCUT2D eigenvalue weighted by atomic mass is 9.65. The smallest absolute Gasteiger partial charge is 0.417 e. The van der Waals surface area contributed by atoms with Crippen molar-refractivity contribution < 1.29 is 40.3 Å². The Morgan fingerprint density at radius 1 is 0.918 bits per heavy atom. The third kappa shape index (κ3) is 11.3. The minimum Gasteiger partial charge on any atom is -0.465 e. The van der Waals surface area contributed by atoms with Gasteiger partial charge in [0, 0.05) is 33.1 Å². The summed E-state index contributed by atoms with van der Waals surface area (Å²) in [6.07, 6.45) is -7.01. The molecule has 0 fully saturated rings. The van der Waals surface area contributed by atoms with Crippen LogP contribution in [0.5, 0.6) is 0 Å². The van der Waals surface area contributed by atoms with Crippen molar-refractivity contribution >= 4 is 28.7 Å². The average Bonchev–Trinajstić information content (AvgIpc) is 2.95. The van der Waals surface area contributed by atoms with Crippen LogP contribution in [-0.4, -0.2) is 30.0 Å². The van der Waals surface area contributed by atoms with E-state index in [2.05, 4.69) is 0 Å². The van der Waals surface area contributed by atoms with Gasteiger partial charge in [-0.25, -0.2) is 4.79 Å². The molecule has 49 heavy (non-hydrogen) atoms. The Morgan fingerprint density at radius 3 is 2.16 bits per heavy atom. The first kappa shape index (κ1) is 40.4. The molecule has 12 heteroatoms. The summed E-state index contributed by atoms with van der Waals surface area (Å²) in [7, 11) is 0. The number of thioether (sulfide) groups is 1. The van der Waals surface area contributed by atoms with Crippen molar-refractivity contribution in [3.8, 4) is 11.1 Å². The van der Waals surface area contributed by atoms with Gasteiger partial charge in [0.05, 0.1) is 29.6 Å². The summed E-state index contributed by atoms with van der Waals surface area (Å²) in [6, 6.07) is 9.87. The van der Waals surface area contributed by atoms with Crippen LogP contribution in [0.15, 0.2) is 56.6 Å². The van der Waals surface area contributed by atoms with Gasteiger partial charge in [-0.15, -0.1) is 11.8 Å². The lowest BCUT2D eigenvalue weighted by Crippen LogP contribution is -2.56. The molecule has 272 valence electrons. The van der Waals surface area contributed by atoms with E-state index >= 15 is 0 Å². The van der Waals surface area contributed by atoms with Crippen LogP contribution < -0.4 is 11.4 Å². The number of unbranched alkanes of at least 4 members (excludes halogenated alkanes) is 2. The van der Waals surface area contributed by atoms with Crippen molar-refractivity contribution in [3.05, 3.63) is 64.0 Å². The van der Waals surface area contributed by atoms with E-state index in [-0.39, 0.29) is 27.9 Å². The topological polar surface area (TPSA) is 82.5 Å². The van der Waals surface area contributed by atoms with Crippen LogP contribution in [0.4, 0.5) is 26.3 Å². The summed E-state index contributed by atoms with van der Waals surface area (Å²) < 4.78 is 93.8. The van der Waals surface area contributed by atoms with Gasteiger partial charge < -0.3 is 14.9 Å². The van der Waals surface area contributed by atoms with Gasteiger partial charge in [0.15, 0.2) is 0 Å². The number of hydrogen-bond acceptors (Lipinski definition) is 6. The van der Waals surface area contributed by atoms with Crippen molar-refractivity contribution in [2.75, 3.05) is 12.4 Å². The maximum atomic E-state index is 14.1. The molecule has 3 aromatic rings. The number of esters is 1. The van der Waals surface area contributed by atoms with Crippen molar-refractivity contribution in [2.24, 2.45) is 22.5 Å². The molecule has 3 rings (SSSR count). The van der Waals surface area contributed by atoms with Crippen LogP contribution in [0.2, 0.25) is 0 Å². The zero-order valence-corrected chi connectivity index (χ0v) is 30.0. The zero-order valence-electron chi connectivity index (χ0n) is 29.2. The van der Waals surface area contributed by atoms with Gasteiger partial charge in [-0.05, 0) is 75.3 Å². The van der Waals surface area contributed by atoms with E-state index in [9.17, 15) is 35.9 Å². The number of ether oxygens (including phenoxy) is 1. The Labute approximate surface area is 288 Å². The number of rotatable bonds is 14. The molecule has 1 heterocycles. The largest absolute Gasteiger partial charge is 0.465 e. The summed E-state index contributed by atoms with van der Waals surface area (Å²) in [4.78, 5) is 26.8. The van der Waals surface area contributed by atoms with Crippen LogP contribution in [0, 0.1) is 16.7 Å². The number of hydrogen-bond donors (Lipinski definition) is 1. The van der Waals surface area contributed by atoms with E-state index in [4.69, 9.17) is 14.9 Å². The Kier molecular flexibility index (Phi) is 12.8. The highest BCUT2D eigenvalue weighted by molar-refractivity contribution is 7.99. The van der Waals surface area contributed by atoms with Crippen LogP contribution in [0.25, 0.3) is 22.1 Å². The molecule has 2 aromatic carbocycles. The number of aryl methyl sites for hydroxylation is 1. The molecule has 2 N–H and O–H groups in total. The standard InChI is InChI=1S/C37H47F6NO4S/c1-8-9-10-11-23-12-15-27(29(16-23)37(41,42)43)28-17-25-13-14-26(18-30(25)48-31(28)45)49-21-24(19-36(38,39)40)20-47-32(46)35(7,34(5,6)44)22-33(2,3)4/h12-18,24H,8-11,19-22,44H2,1-7H3. The molecule has 0 amide bonds. The molecule has 0 aliphatic rings. The molecule has 2 atom stereocenters. The molecule has 0 radical (unpaired) electrons. The van der Waals surface area contributed by atoms with Crippen LogP contribution in [-0.2, 0) is 22.1 Å². The van der Waals surface area contributed by atoms with E-state index in [1.165, 1.54) is 24.3 Å². The highest BCUT2D eigenvalue weighted by atomic mass is 32.2. The summed E-state index contributed by atoms with van der Waals surface area (Å²) in [5.74, 6) is -1.85. The Morgan fingerprint density at radius 2 is 1.59 bits per heavy atom. The quantitative estimate of drug-likeness (QED) is 0.0588. The predicted molar refractivity (Wildman–Crippen MR) is 182 cm³/mol. The van der Waals surface area contributed by atoms with Crippen LogP contribution in [0.3, 0.4) is 0 Å². The Balaban J connectivity index is 1.84. The molecular formula is C37H47F6NO4S. The van der Waals surface area contributed by atoms with Gasteiger partial charge in [-0.2, -0.15) is 26.3 Å². The second-order valence-electron chi connectivity index (χ2n) is 14.9. The van der Waals surface area contributed by atoms with Gasteiger partial charge in [0.25, 0.3) is 0 Å². The monoisotopic (exact) mass is 715 g/mol. The SMILES string of the molecule is CCCCCc1ccc(-c2cc3ccc(SCC(COC(=O)C(C)(CC(C)(C)C)C(C)(C)N)CC(F)(F)F)cc3oc2=O)c(C(F)(F)F)c1. The summed E-state index contributed by atoms with van der Waals surface area (Å²) >= 11 is 1.05. The lowest BCUT2D eigenvalue weighted by molar-refractivity contribution is -0.168. The van der Waals surface area contributed by atoms with Gasteiger partial charge in [0.1, 0.15) is 5.58 Å². The van der Waals surface area contributed by atoms with Crippen molar-refractivity contribution in [3.63, 3.8) is 0 Å². The molecule has 5 nitrogen and oxygen atoms in total. The fraction of sp³-hybridized carbons (Fsp3) is 0.568. The summed E-state index contributed by atoms with van der Waals surface area (Å²) in [6.45, 7) is 12.4. The van der Waals surface area contributed by atoms with Gasteiger partial charge >= 0.3 is 23.9 Å². The molecule has 0 saturated heterocycles. The number of carbonyl (C=O) groups excluding carboxylic acids is 1. The maximum Gasteiger partial charge on any atom is 0.417 e. The third-order valence-electron chi connectivity index (χ3n) is 8.67. The second-order valence-corrected chi connectivity index (χ2v) is 16.0. The second kappa shape index (κ2) is 15.5. The minimum absolute atomic E-state index is 0.0745. The molecule has 0 saturated carbocycles. The normalized spacial score (nSPS) is 14.9. The molecule has 2 unspecified atom stereocenters. The predicted octanol–water partition coefficient (Wildman–Crippen LogP) is 10.6. The lowest BCUT2D eigenvalue weighted by Gasteiger charge is -2.43. The first-order chi connectivity index (χ1) is 22.4. The van der Waals surface area contributed by atoms with E-state index in [0.717, 1.165) is 37.1 Å². The first-order valence-electron chi connectivity index (χ1n) is 16.4. The first-order valence-corrected chi connectivity index (χ1v) is 17.4. The van der Waals surface area contributed by atoms with Gasteiger partial charge in [-0.3, -0.25) is 4.79 Å². The minimum atomic E-state index is -4.70. The highest BCUT2D eigenvalue weighted by Crippen LogP contribution is 2.42. The Hall–Kier alpha value is -2.99. The molecule has 0 spiro atoms. The molecular weight excluding hydrogens is 668 g/mol. The summed E-state index contributed by atoms with van der Waals surface area (Å²) in [5.41, 5.74) is 2.04. The molecule has 0 bridgehead atoms. The zero-order chi connectivity index (χ0) is 37.0. The molecule has 0 aliphatic heterocycles. The fourth-order valence-corrected chi connectivity index (χ4v) is 6.85. The van der Waals surface area contributed by atoms with Crippen molar-refractivity contribution in [1.29, 1.82) is 0 Å². The average molecular weight is 716 g/mol. The van der Waals surface area contributed by atoms with Gasteiger partial charge in [-0.1, -0.05) is 58.7 Å². The maximum absolute atomic E-state index is 14.1. The third-order valence-corrected chi connectivity index (χ3v) is 9.89. The number of nitrogens with two attached hydrogens (primary N) is 1. The van der Waals surface area contributed by atoms with Crippen molar-refractivity contribution in [2.45, 2.75) is 110 Å². The van der Waals surface area contributed by atoms with E-state index in [1.807, 2.05) is 27.7 Å². The highest BCUT2D eigenvalue weighted by Gasteiger charge is 2.48. The number of benzene rings is 2. The van der Waals surface area contributed by atoms with E-state index in [0.29, 0.717) is 28.7 Å².